The molecule has 2 aliphatic rings. The van der Waals surface area contributed by atoms with Gasteiger partial charge in [0.05, 0.1) is 0 Å². The molecule has 10 heteroatoms. The third-order valence-electron chi connectivity index (χ3n) is 5.00. The van der Waals surface area contributed by atoms with Crippen LogP contribution in [-0.4, -0.2) is 66.1 Å². The summed E-state index contributed by atoms with van der Waals surface area (Å²) in [4.78, 5) is 25.3. The number of amides is 1. The van der Waals surface area contributed by atoms with Crippen LogP contribution in [0.3, 0.4) is 0 Å². The van der Waals surface area contributed by atoms with Crippen LogP contribution in [0.1, 0.15) is 25.7 Å². The van der Waals surface area contributed by atoms with Crippen molar-refractivity contribution in [3.05, 3.63) is 18.5 Å². The molecule has 0 spiro atoms. The lowest BCUT2D eigenvalue weighted by Gasteiger charge is -2.34. The van der Waals surface area contributed by atoms with Crippen molar-refractivity contribution in [2.45, 2.75) is 31.7 Å². The van der Waals surface area contributed by atoms with Crippen molar-refractivity contribution < 1.29 is 4.79 Å². The molecule has 1 saturated heterocycles. The van der Waals surface area contributed by atoms with Gasteiger partial charge in [-0.2, -0.15) is 0 Å². The maximum Gasteiger partial charge on any atom is 0.225 e. The van der Waals surface area contributed by atoms with Crippen molar-refractivity contribution in [2.75, 3.05) is 44.2 Å². The molecule has 2 fully saturated rings. The van der Waals surface area contributed by atoms with Crippen molar-refractivity contribution >= 4 is 49.1 Å². The van der Waals surface area contributed by atoms with Crippen molar-refractivity contribution in [1.82, 2.24) is 20.2 Å². The SMILES string of the molecule is Cl.Cl.Cl.NC1CCC(C(=O)NCCCN2CCN(c3ncccn3)CC2)C1. The first-order valence-corrected chi connectivity index (χ1v) is 9.00. The Morgan fingerprint density at radius 2 is 1.78 bits per heavy atom. The summed E-state index contributed by atoms with van der Waals surface area (Å²) in [5.74, 6) is 1.14. The number of carbonyl (C=O) groups is 1. The number of hydrogen-bond donors (Lipinski definition) is 2. The summed E-state index contributed by atoms with van der Waals surface area (Å²) in [6, 6.07) is 2.05. The zero-order valence-electron chi connectivity index (χ0n) is 15.5. The summed E-state index contributed by atoms with van der Waals surface area (Å²) in [5.41, 5.74) is 5.87. The number of nitrogens with one attached hydrogen (secondary N) is 1. The van der Waals surface area contributed by atoms with E-state index in [1.807, 2.05) is 6.07 Å². The van der Waals surface area contributed by atoms with Crippen LogP contribution in [0.2, 0.25) is 0 Å². The molecule has 3 N–H and O–H groups in total. The second-order valence-electron chi connectivity index (χ2n) is 6.79. The molecular weight excluding hydrogens is 411 g/mol. The highest BCUT2D eigenvalue weighted by Gasteiger charge is 2.27. The zero-order valence-corrected chi connectivity index (χ0v) is 17.9. The van der Waals surface area contributed by atoms with Gasteiger partial charge in [0.2, 0.25) is 11.9 Å². The van der Waals surface area contributed by atoms with Crippen molar-refractivity contribution in [3.8, 4) is 0 Å². The molecule has 1 saturated carbocycles. The molecule has 1 aliphatic carbocycles. The Kier molecular flexibility index (Phi) is 12.9. The molecule has 1 amide bonds. The summed E-state index contributed by atoms with van der Waals surface area (Å²) in [7, 11) is 0. The third kappa shape index (κ3) is 7.95. The summed E-state index contributed by atoms with van der Waals surface area (Å²) in [6.45, 7) is 5.72. The maximum atomic E-state index is 12.0. The normalized spacial score (nSPS) is 22.2. The number of rotatable bonds is 6. The fourth-order valence-corrected chi connectivity index (χ4v) is 3.54. The fraction of sp³-hybridized carbons (Fsp3) is 0.706. The van der Waals surface area contributed by atoms with Crippen LogP contribution in [0.5, 0.6) is 0 Å². The summed E-state index contributed by atoms with van der Waals surface area (Å²) < 4.78 is 0. The Hall–Kier alpha value is -0.860. The molecule has 0 aromatic carbocycles. The van der Waals surface area contributed by atoms with Gasteiger partial charge in [-0.3, -0.25) is 9.69 Å². The van der Waals surface area contributed by atoms with E-state index in [-0.39, 0.29) is 55.1 Å². The molecule has 1 aliphatic heterocycles. The topological polar surface area (TPSA) is 87.4 Å². The summed E-state index contributed by atoms with van der Waals surface area (Å²) in [6.07, 6.45) is 7.33. The Morgan fingerprint density at radius 3 is 2.37 bits per heavy atom. The van der Waals surface area contributed by atoms with Crippen LogP contribution in [0.15, 0.2) is 18.5 Å². The molecule has 1 aromatic heterocycles. The molecule has 2 unspecified atom stereocenters. The number of piperazine rings is 1. The average Bonchev–Trinajstić information content (AvgIpc) is 3.06. The van der Waals surface area contributed by atoms with Gasteiger partial charge in [0.1, 0.15) is 0 Å². The highest BCUT2D eigenvalue weighted by atomic mass is 35.5. The third-order valence-corrected chi connectivity index (χ3v) is 5.00. The molecule has 0 bridgehead atoms. The lowest BCUT2D eigenvalue weighted by Crippen LogP contribution is -2.47. The smallest absolute Gasteiger partial charge is 0.225 e. The number of halogens is 3. The van der Waals surface area contributed by atoms with Crippen molar-refractivity contribution in [3.63, 3.8) is 0 Å². The van der Waals surface area contributed by atoms with Gasteiger partial charge in [-0.05, 0) is 38.3 Å². The Labute approximate surface area is 180 Å². The minimum atomic E-state index is 0. The van der Waals surface area contributed by atoms with Crippen molar-refractivity contribution in [1.29, 1.82) is 0 Å². The predicted molar refractivity (Wildman–Crippen MR) is 115 cm³/mol. The molecule has 2 atom stereocenters. The molecule has 1 aromatic rings. The number of nitrogens with zero attached hydrogens (tertiary/aromatic N) is 4. The number of hydrogen-bond acceptors (Lipinski definition) is 6. The number of carbonyl (C=O) groups excluding carboxylic acids is 1. The Balaban J connectivity index is 0.00000225. The van der Waals surface area contributed by atoms with Gasteiger partial charge in [-0.1, -0.05) is 0 Å². The molecule has 7 nitrogen and oxygen atoms in total. The van der Waals surface area contributed by atoms with Gasteiger partial charge in [0.25, 0.3) is 0 Å². The van der Waals surface area contributed by atoms with E-state index in [2.05, 4.69) is 25.1 Å². The van der Waals surface area contributed by atoms with E-state index in [1.165, 1.54) is 0 Å². The lowest BCUT2D eigenvalue weighted by atomic mass is 10.1. The lowest BCUT2D eigenvalue weighted by molar-refractivity contribution is -0.124. The number of aromatic nitrogens is 2. The van der Waals surface area contributed by atoms with E-state index in [0.717, 1.165) is 70.9 Å². The van der Waals surface area contributed by atoms with Crippen LogP contribution in [0, 0.1) is 5.92 Å². The molecular formula is C17H31Cl3N6O. The van der Waals surface area contributed by atoms with Gasteiger partial charge in [0.15, 0.2) is 0 Å². The molecule has 0 radical (unpaired) electrons. The quantitative estimate of drug-likeness (QED) is 0.651. The Morgan fingerprint density at radius 1 is 1.11 bits per heavy atom. The standard InChI is InChI=1S/C17H28N6O.3ClH/c18-15-4-3-14(13-15)16(24)19-7-2-8-22-9-11-23(12-10-22)17-20-5-1-6-21-17;;;/h1,5-6,14-15H,2-4,7-13,18H2,(H,19,24);3*1H. The van der Waals surface area contributed by atoms with Crippen molar-refractivity contribution in [2.24, 2.45) is 11.7 Å². The first-order chi connectivity index (χ1) is 11.7. The monoisotopic (exact) mass is 440 g/mol. The van der Waals surface area contributed by atoms with E-state index in [9.17, 15) is 4.79 Å². The van der Waals surface area contributed by atoms with Gasteiger partial charge >= 0.3 is 0 Å². The van der Waals surface area contributed by atoms with Crippen LogP contribution in [0.25, 0.3) is 0 Å². The van der Waals surface area contributed by atoms with Crippen LogP contribution in [0.4, 0.5) is 5.95 Å². The first-order valence-electron chi connectivity index (χ1n) is 9.00. The van der Waals surface area contributed by atoms with E-state index < -0.39 is 0 Å². The summed E-state index contributed by atoms with van der Waals surface area (Å²) >= 11 is 0. The number of nitrogens with two attached hydrogens (primary N) is 1. The van der Waals surface area contributed by atoms with Crippen LogP contribution in [-0.2, 0) is 4.79 Å². The van der Waals surface area contributed by atoms with Crippen LogP contribution < -0.4 is 16.0 Å². The van der Waals surface area contributed by atoms with E-state index in [1.54, 1.807) is 12.4 Å². The predicted octanol–water partition coefficient (Wildman–Crippen LogP) is 1.50. The van der Waals surface area contributed by atoms with Gasteiger partial charge in [-0.15, -0.1) is 37.2 Å². The summed E-state index contributed by atoms with van der Waals surface area (Å²) in [5, 5.41) is 3.07. The zero-order chi connectivity index (χ0) is 16.8. The second kappa shape index (κ2) is 13.3. The van der Waals surface area contributed by atoms with E-state index in [4.69, 9.17) is 5.73 Å². The molecule has 27 heavy (non-hydrogen) atoms. The van der Waals surface area contributed by atoms with Gasteiger partial charge < -0.3 is 16.0 Å². The molecule has 3 rings (SSSR count). The largest absolute Gasteiger partial charge is 0.356 e. The number of anilines is 1. The Bertz CT molecular complexity index is 531. The van der Waals surface area contributed by atoms with Gasteiger partial charge in [0, 0.05) is 57.1 Å². The van der Waals surface area contributed by atoms with E-state index >= 15 is 0 Å². The molecule has 2 heterocycles. The van der Waals surface area contributed by atoms with E-state index in [0.29, 0.717) is 0 Å². The maximum absolute atomic E-state index is 12.0. The average molecular weight is 442 g/mol. The van der Waals surface area contributed by atoms with Crippen LogP contribution >= 0.6 is 37.2 Å². The minimum Gasteiger partial charge on any atom is -0.356 e. The highest BCUT2D eigenvalue weighted by Crippen LogP contribution is 2.23. The first kappa shape index (κ1) is 26.1. The highest BCUT2D eigenvalue weighted by molar-refractivity contribution is 5.86. The minimum absolute atomic E-state index is 0. The molecule has 156 valence electrons. The fourth-order valence-electron chi connectivity index (χ4n) is 3.54. The van der Waals surface area contributed by atoms with Gasteiger partial charge in [-0.25, -0.2) is 9.97 Å². The second-order valence-corrected chi connectivity index (χ2v) is 6.79.